The molecule has 0 radical (unpaired) electrons. The largest absolute Gasteiger partial charge is 0.489 e. The Labute approximate surface area is 219 Å². The Bertz CT molecular complexity index is 1160. The van der Waals surface area contributed by atoms with Crippen LogP contribution >= 0.6 is 11.6 Å². The first-order chi connectivity index (χ1) is 17.0. The number of aliphatic hydroxyl groups excluding tert-OH is 1. The molecule has 7 heteroatoms. The summed E-state index contributed by atoms with van der Waals surface area (Å²) in [6, 6.07) is 13.5. The summed E-state index contributed by atoms with van der Waals surface area (Å²) in [4.78, 5) is 19.9. The SMILES string of the molecule is CC(C)Oc1ccc(C(=O)CN(CCCO)Cc2ccc(-c3cn(C)c(C(C)(C)C)n3)cc2)cc1Cl. The van der Waals surface area contributed by atoms with Crippen molar-refractivity contribution in [3.63, 3.8) is 0 Å². The van der Waals surface area contributed by atoms with E-state index < -0.39 is 0 Å². The molecule has 0 amide bonds. The van der Waals surface area contributed by atoms with Crippen LogP contribution in [0.4, 0.5) is 0 Å². The van der Waals surface area contributed by atoms with Gasteiger partial charge in [-0.1, -0.05) is 56.6 Å². The van der Waals surface area contributed by atoms with Crippen molar-refractivity contribution >= 4 is 17.4 Å². The van der Waals surface area contributed by atoms with E-state index in [9.17, 15) is 9.90 Å². The quantitative estimate of drug-likeness (QED) is 0.325. The average Bonchev–Trinajstić information content (AvgIpc) is 3.21. The van der Waals surface area contributed by atoms with Crippen molar-refractivity contribution in [3.05, 3.63) is 70.6 Å². The molecule has 0 bridgehead atoms. The number of carbonyl (C=O) groups excluding carboxylic acids is 1. The summed E-state index contributed by atoms with van der Waals surface area (Å²) in [6.07, 6.45) is 2.66. The van der Waals surface area contributed by atoms with E-state index in [1.807, 2.05) is 20.9 Å². The number of imidazole rings is 1. The van der Waals surface area contributed by atoms with Gasteiger partial charge in [0.15, 0.2) is 5.78 Å². The van der Waals surface area contributed by atoms with Gasteiger partial charge >= 0.3 is 0 Å². The standard InChI is InChI=1S/C29H38ClN3O3/c1-20(2)36-27-13-12-23(16-24(27)30)26(35)19-33(14-7-15-34)17-21-8-10-22(11-9-21)25-18-32(6)28(31-25)29(3,4)5/h8-13,16,18,20,34H,7,14-15,17,19H2,1-6H3. The number of aryl methyl sites for hydroxylation is 1. The fourth-order valence-corrected chi connectivity index (χ4v) is 4.39. The van der Waals surface area contributed by atoms with Crippen molar-refractivity contribution in [2.45, 2.75) is 59.1 Å². The van der Waals surface area contributed by atoms with Crippen LogP contribution in [0.2, 0.25) is 5.02 Å². The second-order valence-corrected chi connectivity index (χ2v) is 10.9. The van der Waals surface area contributed by atoms with Crippen LogP contribution in [0, 0.1) is 0 Å². The number of carbonyl (C=O) groups is 1. The zero-order chi connectivity index (χ0) is 26.5. The van der Waals surface area contributed by atoms with E-state index in [1.54, 1.807) is 18.2 Å². The predicted octanol–water partition coefficient (Wildman–Crippen LogP) is 5.89. The van der Waals surface area contributed by atoms with Gasteiger partial charge in [0.1, 0.15) is 11.6 Å². The van der Waals surface area contributed by atoms with Crippen LogP contribution in [0.25, 0.3) is 11.3 Å². The van der Waals surface area contributed by atoms with Gasteiger partial charge in [0.25, 0.3) is 0 Å². The monoisotopic (exact) mass is 511 g/mol. The minimum Gasteiger partial charge on any atom is -0.489 e. The number of aromatic nitrogens is 2. The molecule has 194 valence electrons. The van der Waals surface area contributed by atoms with Gasteiger partial charge < -0.3 is 14.4 Å². The zero-order valence-electron chi connectivity index (χ0n) is 22.2. The van der Waals surface area contributed by atoms with Gasteiger partial charge in [-0.25, -0.2) is 4.98 Å². The minimum atomic E-state index is -0.0291. The number of nitrogens with zero attached hydrogens (tertiary/aromatic N) is 3. The maximum Gasteiger partial charge on any atom is 0.176 e. The van der Waals surface area contributed by atoms with E-state index in [0.29, 0.717) is 35.8 Å². The van der Waals surface area contributed by atoms with E-state index in [1.165, 1.54) is 0 Å². The van der Waals surface area contributed by atoms with E-state index in [0.717, 1.165) is 22.6 Å². The molecule has 6 nitrogen and oxygen atoms in total. The van der Waals surface area contributed by atoms with Gasteiger partial charge in [-0.2, -0.15) is 0 Å². The van der Waals surface area contributed by atoms with Crippen LogP contribution in [-0.2, 0) is 19.0 Å². The molecule has 0 saturated carbocycles. The fourth-order valence-electron chi connectivity index (χ4n) is 4.17. The van der Waals surface area contributed by atoms with Crippen molar-refractivity contribution in [2.24, 2.45) is 7.05 Å². The lowest BCUT2D eigenvalue weighted by Crippen LogP contribution is -2.31. The van der Waals surface area contributed by atoms with E-state index in [-0.39, 0.29) is 30.5 Å². The molecule has 1 heterocycles. The molecule has 0 saturated heterocycles. The molecule has 2 aromatic carbocycles. The summed E-state index contributed by atoms with van der Waals surface area (Å²) in [5.74, 6) is 1.59. The number of halogens is 1. The van der Waals surface area contributed by atoms with Crippen LogP contribution in [0.3, 0.4) is 0 Å². The highest BCUT2D eigenvalue weighted by atomic mass is 35.5. The summed E-state index contributed by atoms with van der Waals surface area (Å²) in [5, 5.41) is 9.79. The Morgan fingerprint density at radius 3 is 2.42 bits per heavy atom. The maximum atomic E-state index is 13.0. The van der Waals surface area contributed by atoms with Gasteiger partial charge in [-0.05, 0) is 44.0 Å². The normalized spacial score (nSPS) is 11.9. The number of rotatable bonds is 11. The van der Waals surface area contributed by atoms with Crippen LogP contribution in [0.5, 0.6) is 5.75 Å². The lowest BCUT2D eigenvalue weighted by atomic mass is 9.96. The summed E-state index contributed by atoms with van der Waals surface area (Å²) >= 11 is 6.34. The summed E-state index contributed by atoms with van der Waals surface area (Å²) in [6.45, 7) is 11.9. The molecule has 1 aromatic heterocycles. The van der Waals surface area contributed by atoms with Crippen LogP contribution in [0.15, 0.2) is 48.7 Å². The van der Waals surface area contributed by atoms with Crippen molar-refractivity contribution in [1.82, 2.24) is 14.5 Å². The van der Waals surface area contributed by atoms with E-state index in [4.69, 9.17) is 21.3 Å². The van der Waals surface area contributed by atoms with E-state index >= 15 is 0 Å². The Balaban J connectivity index is 1.71. The average molecular weight is 512 g/mol. The number of aliphatic hydroxyl groups is 1. The Kier molecular flexibility index (Phi) is 9.34. The van der Waals surface area contributed by atoms with Crippen molar-refractivity contribution in [3.8, 4) is 17.0 Å². The Morgan fingerprint density at radius 1 is 1.17 bits per heavy atom. The topological polar surface area (TPSA) is 67.6 Å². The molecule has 0 atom stereocenters. The summed E-state index contributed by atoms with van der Waals surface area (Å²) < 4.78 is 7.75. The number of hydrogen-bond donors (Lipinski definition) is 1. The predicted molar refractivity (Wildman–Crippen MR) is 146 cm³/mol. The number of Topliss-reactive ketones (excluding diaryl/α,β-unsaturated/α-hetero) is 1. The Morgan fingerprint density at radius 2 is 1.86 bits per heavy atom. The smallest absolute Gasteiger partial charge is 0.176 e. The van der Waals surface area contributed by atoms with Crippen molar-refractivity contribution < 1.29 is 14.6 Å². The lowest BCUT2D eigenvalue weighted by Gasteiger charge is -2.22. The maximum absolute atomic E-state index is 13.0. The third kappa shape index (κ3) is 7.42. The first-order valence-corrected chi connectivity index (χ1v) is 12.8. The van der Waals surface area contributed by atoms with Crippen LogP contribution in [0.1, 0.15) is 62.8 Å². The third-order valence-electron chi connectivity index (χ3n) is 5.82. The molecule has 0 aliphatic heterocycles. The molecule has 0 fully saturated rings. The molecule has 3 rings (SSSR count). The molecule has 1 N–H and O–H groups in total. The van der Waals surface area contributed by atoms with Gasteiger partial charge in [-0.15, -0.1) is 0 Å². The fraction of sp³-hybridized carbons (Fsp3) is 0.448. The molecule has 3 aromatic rings. The summed E-state index contributed by atoms with van der Waals surface area (Å²) in [5.41, 5.74) is 3.61. The molecular weight excluding hydrogens is 474 g/mol. The van der Waals surface area contributed by atoms with Crippen molar-refractivity contribution in [2.75, 3.05) is 19.7 Å². The second-order valence-electron chi connectivity index (χ2n) is 10.5. The number of benzene rings is 2. The molecule has 36 heavy (non-hydrogen) atoms. The highest BCUT2D eigenvalue weighted by Gasteiger charge is 2.21. The number of ether oxygens (including phenoxy) is 1. The Hall–Kier alpha value is -2.67. The van der Waals surface area contributed by atoms with Gasteiger partial charge in [0.05, 0.1) is 23.4 Å². The van der Waals surface area contributed by atoms with Crippen LogP contribution in [-0.4, -0.2) is 51.1 Å². The molecular formula is C29H38ClN3O3. The van der Waals surface area contributed by atoms with E-state index in [2.05, 4.69) is 60.7 Å². The summed E-state index contributed by atoms with van der Waals surface area (Å²) in [7, 11) is 2.03. The van der Waals surface area contributed by atoms with Crippen molar-refractivity contribution in [1.29, 1.82) is 0 Å². The number of hydrogen-bond acceptors (Lipinski definition) is 5. The third-order valence-corrected chi connectivity index (χ3v) is 6.11. The van der Waals surface area contributed by atoms with Crippen LogP contribution < -0.4 is 4.74 Å². The second kappa shape index (κ2) is 12.0. The molecule has 0 aliphatic carbocycles. The first kappa shape index (κ1) is 27.9. The molecule has 0 aliphatic rings. The number of ketones is 1. The highest BCUT2D eigenvalue weighted by molar-refractivity contribution is 6.32. The highest BCUT2D eigenvalue weighted by Crippen LogP contribution is 2.28. The molecule has 0 spiro atoms. The van der Waals surface area contributed by atoms with Gasteiger partial charge in [-0.3, -0.25) is 9.69 Å². The lowest BCUT2D eigenvalue weighted by molar-refractivity contribution is 0.0919. The minimum absolute atomic E-state index is 0.00243. The van der Waals surface area contributed by atoms with Gasteiger partial charge in [0.2, 0.25) is 0 Å². The molecule has 0 unspecified atom stereocenters. The first-order valence-electron chi connectivity index (χ1n) is 12.4. The zero-order valence-corrected chi connectivity index (χ0v) is 23.0. The van der Waals surface area contributed by atoms with Gasteiger partial charge in [0, 0.05) is 49.5 Å².